The number of nitrogens with zero attached hydrogens (tertiary/aromatic N) is 2. The summed E-state index contributed by atoms with van der Waals surface area (Å²) in [5, 5.41) is 9.56. The minimum Gasteiger partial charge on any atom is -0.356 e. The molecule has 1 unspecified atom stereocenters. The topological polar surface area (TPSA) is 43.8 Å². The largest absolute Gasteiger partial charge is 0.356 e. The lowest BCUT2D eigenvalue weighted by Gasteiger charge is -2.38. The van der Waals surface area contributed by atoms with Crippen molar-refractivity contribution in [1.29, 1.82) is 0 Å². The molecule has 0 aromatic rings. The van der Waals surface area contributed by atoms with Crippen molar-refractivity contribution in [2.75, 3.05) is 7.05 Å². The minimum atomic E-state index is -0.831. The molecule has 0 radical (unpaired) electrons. The molecule has 68 valence electrons. The van der Waals surface area contributed by atoms with Crippen LogP contribution in [0.2, 0.25) is 0 Å². The van der Waals surface area contributed by atoms with Crippen molar-refractivity contribution in [3.63, 3.8) is 0 Å². The Bertz CT molecular complexity index is 213. The zero-order valence-corrected chi connectivity index (χ0v) is 7.56. The number of aliphatic hydroxyl groups excluding tert-OH is 1. The van der Waals surface area contributed by atoms with Crippen LogP contribution in [0.5, 0.6) is 0 Å². The highest BCUT2D eigenvalue weighted by atomic mass is 16.3. The molecule has 1 aliphatic heterocycles. The smallest absolute Gasteiger partial charge is 0.251 e. The van der Waals surface area contributed by atoms with E-state index in [4.69, 9.17) is 0 Å². The summed E-state index contributed by atoms with van der Waals surface area (Å²) in [6, 6.07) is 0.187. The van der Waals surface area contributed by atoms with Crippen molar-refractivity contribution < 1.29 is 9.90 Å². The van der Waals surface area contributed by atoms with Gasteiger partial charge in [0.1, 0.15) is 0 Å². The quantitative estimate of drug-likeness (QED) is 0.600. The summed E-state index contributed by atoms with van der Waals surface area (Å²) >= 11 is 0. The van der Waals surface area contributed by atoms with E-state index >= 15 is 0 Å². The lowest BCUT2D eigenvalue weighted by atomic mass is 10.3. The van der Waals surface area contributed by atoms with Crippen molar-refractivity contribution in [2.24, 2.45) is 0 Å². The summed E-state index contributed by atoms with van der Waals surface area (Å²) in [5.74, 6) is -0.167. The van der Waals surface area contributed by atoms with E-state index in [-0.39, 0.29) is 11.9 Å². The van der Waals surface area contributed by atoms with Gasteiger partial charge in [0.25, 0.3) is 5.91 Å². The van der Waals surface area contributed by atoms with E-state index in [1.165, 1.54) is 11.0 Å². The van der Waals surface area contributed by atoms with Crippen LogP contribution in [0.4, 0.5) is 0 Å². The van der Waals surface area contributed by atoms with Crippen LogP contribution in [0.1, 0.15) is 13.8 Å². The zero-order chi connectivity index (χ0) is 9.30. The summed E-state index contributed by atoms with van der Waals surface area (Å²) in [7, 11) is 1.58. The van der Waals surface area contributed by atoms with E-state index in [0.717, 1.165) is 0 Å². The Kier molecular flexibility index (Phi) is 2.38. The Morgan fingerprint density at radius 1 is 1.58 bits per heavy atom. The van der Waals surface area contributed by atoms with Gasteiger partial charge in [0, 0.05) is 25.4 Å². The fourth-order valence-corrected chi connectivity index (χ4v) is 1.10. The maximum atomic E-state index is 11.0. The van der Waals surface area contributed by atoms with Crippen LogP contribution in [0.25, 0.3) is 0 Å². The summed E-state index contributed by atoms with van der Waals surface area (Å²) in [6.07, 6.45) is 2.24. The van der Waals surface area contributed by atoms with Crippen LogP contribution in [0.3, 0.4) is 0 Å². The third-order valence-electron chi connectivity index (χ3n) is 1.95. The number of hydrogen-bond acceptors (Lipinski definition) is 3. The van der Waals surface area contributed by atoms with Gasteiger partial charge in [-0.1, -0.05) is 0 Å². The van der Waals surface area contributed by atoms with Gasteiger partial charge in [0.05, 0.1) is 0 Å². The molecule has 0 saturated heterocycles. The molecule has 12 heavy (non-hydrogen) atoms. The molecule has 0 bridgehead atoms. The monoisotopic (exact) mass is 170 g/mol. The van der Waals surface area contributed by atoms with Gasteiger partial charge in [0.15, 0.2) is 0 Å². The Hall–Kier alpha value is -1.03. The first-order valence-corrected chi connectivity index (χ1v) is 3.94. The summed E-state index contributed by atoms with van der Waals surface area (Å²) < 4.78 is 0. The molecule has 1 rings (SSSR count). The van der Waals surface area contributed by atoms with Crippen LogP contribution in [0.15, 0.2) is 12.3 Å². The highest BCUT2D eigenvalue weighted by molar-refractivity contribution is 5.88. The maximum Gasteiger partial charge on any atom is 0.251 e. The normalized spacial score (nSPS) is 24.1. The number of likely N-dealkylation sites (N-methyl/N-ethyl adjacent to an activating group) is 1. The SMILES string of the molecule is CC(C)N1C=CC(=O)N(C)C1O. The first kappa shape index (κ1) is 9.06. The number of carbonyl (C=O) groups is 1. The molecule has 4 nitrogen and oxygen atoms in total. The first-order chi connectivity index (χ1) is 5.54. The molecule has 1 heterocycles. The van der Waals surface area contributed by atoms with E-state index < -0.39 is 6.35 Å². The van der Waals surface area contributed by atoms with Crippen LogP contribution in [-0.2, 0) is 4.79 Å². The third kappa shape index (κ3) is 1.43. The maximum absolute atomic E-state index is 11.0. The van der Waals surface area contributed by atoms with Crippen molar-refractivity contribution >= 4 is 5.91 Å². The number of amides is 1. The van der Waals surface area contributed by atoms with Gasteiger partial charge in [0.2, 0.25) is 6.35 Å². The molecule has 0 aromatic carbocycles. The van der Waals surface area contributed by atoms with Crippen LogP contribution >= 0.6 is 0 Å². The lowest BCUT2D eigenvalue weighted by molar-refractivity contribution is -0.150. The second-order valence-electron chi connectivity index (χ2n) is 3.15. The Morgan fingerprint density at radius 2 is 2.17 bits per heavy atom. The van der Waals surface area contributed by atoms with Gasteiger partial charge in [-0.3, -0.25) is 9.69 Å². The Balaban J connectivity index is 2.81. The molecule has 1 N–H and O–H groups in total. The highest BCUT2D eigenvalue weighted by Gasteiger charge is 2.26. The number of hydrogen-bond donors (Lipinski definition) is 1. The van der Waals surface area contributed by atoms with Gasteiger partial charge in [-0.05, 0) is 13.8 Å². The third-order valence-corrected chi connectivity index (χ3v) is 1.95. The molecule has 0 saturated carbocycles. The first-order valence-electron chi connectivity index (χ1n) is 3.94. The minimum absolute atomic E-state index is 0.167. The van der Waals surface area contributed by atoms with Crippen molar-refractivity contribution in [1.82, 2.24) is 9.80 Å². The summed E-state index contributed by atoms with van der Waals surface area (Å²) in [4.78, 5) is 14.0. The summed E-state index contributed by atoms with van der Waals surface area (Å²) in [5.41, 5.74) is 0. The van der Waals surface area contributed by atoms with Crippen LogP contribution < -0.4 is 0 Å². The molecule has 1 aliphatic rings. The average molecular weight is 170 g/mol. The molecular formula is C8H14N2O2. The summed E-state index contributed by atoms with van der Waals surface area (Å²) in [6.45, 7) is 3.91. The molecule has 4 heteroatoms. The van der Waals surface area contributed by atoms with E-state index in [1.807, 2.05) is 13.8 Å². The fraction of sp³-hybridized carbons (Fsp3) is 0.625. The molecular weight excluding hydrogens is 156 g/mol. The van der Waals surface area contributed by atoms with Gasteiger partial charge >= 0.3 is 0 Å². The molecule has 0 spiro atoms. The van der Waals surface area contributed by atoms with E-state index in [0.29, 0.717) is 0 Å². The molecule has 1 amide bonds. The number of aliphatic hydroxyl groups is 1. The highest BCUT2D eigenvalue weighted by Crippen LogP contribution is 2.12. The van der Waals surface area contributed by atoms with Gasteiger partial charge in [-0.15, -0.1) is 0 Å². The predicted molar refractivity (Wildman–Crippen MR) is 44.9 cm³/mol. The van der Waals surface area contributed by atoms with E-state index in [2.05, 4.69) is 0 Å². The average Bonchev–Trinajstić information content (AvgIpc) is 2.00. The number of rotatable bonds is 1. The molecule has 1 atom stereocenters. The second kappa shape index (κ2) is 3.15. The molecule has 0 aliphatic carbocycles. The van der Waals surface area contributed by atoms with Crippen molar-refractivity contribution in [3.8, 4) is 0 Å². The van der Waals surface area contributed by atoms with Gasteiger partial charge in [-0.25, -0.2) is 0 Å². The Labute approximate surface area is 72.1 Å². The van der Waals surface area contributed by atoms with Crippen molar-refractivity contribution in [2.45, 2.75) is 26.2 Å². The van der Waals surface area contributed by atoms with Gasteiger partial charge < -0.3 is 10.0 Å². The zero-order valence-electron chi connectivity index (χ0n) is 7.56. The second-order valence-corrected chi connectivity index (χ2v) is 3.15. The van der Waals surface area contributed by atoms with Crippen molar-refractivity contribution in [3.05, 3.63) is 12.3 Å². The predicted octanol–water partition coefficient (Wildman–Crippen LogP) is -0.0416. The fourth-order valence-electron chi connectivity index (χ4n) is 1.10. The lowest BCUT2D eigenvalue weighted by Crippen LogP contribution is -2.51. The molecule has 0 aromatic heterocycles. The Morgan fingerprint density at radius 3 is 2.67 bits per heavy atom. The van der Waals surface area contributed by atoms with Crippen LogP contribution in [0, 0.1) is 0 Å². The standard InChI is InChI=1S/C8H14N2O2/c1-6(2)10-5-4-7(11)9(3)8(10)12/h4-6,8,12H,1-3H3. The van der Waals surface area contributed by atoms with E-state index in [9.17, 15) is 9.90 Å². The van der Waals surface area contributed by atoms with E-state index in [1.54, 1.807) is 18.1 Å². The molecule has 0 fully saturated rings. The number of carbonyl (C=O) groups excluding carboxylic acids is 1. The van der Waals surface area contributed by atoms with Gasteiger partial charge in [-0.2, -0.15) is 0 Å². The van der Waals surface area contributed by atoms with Crippen LogP contribution in [-0.4, -0.2) is 40.3 Å².